The van der Waals surface area contributed by atoms with Crippen molar-refractivity contribution in [3.63, 3.8) is 0 Å². The van der Waals surface area contributed by atoms with Crippen molar-refractivity contribution in [2.45, 2.75) is 26.8 Å². The van der Waals surface area contributed by atoms with E-state index < -0.39 is 0 Å². The summed E-state index contributed by atoms with van der Waals surface area (Å²) in [5.41, 5.74) is 4.65. The van der Waals surface area contributed by atoms with Gasteiger partial charge in [-0.05, 0) is 37.6 Å². The first-order valence-electron chi connectivity index (χ1n) is 9.80. The number of aryl methyl sites for hydroxylation is 2. The number of rotatable bonds is 6. The van der Waals surface area contributed by atoms with E-state index in [1.54, 1.807) is 6.20 Å². The summed E-state index contributed by atoms with van der Waals surface area (Å²) in [5.74, 6) is 0.859. The van der Waals surface area contributed by atoms with Gasteiger partial charge in [-0.2, -0.15) is 0 Å². The maximum atomic E-state index is 12.7. The minimum absolute atomic E-state index is 0.0976. The summed E-state index contributed by atoms with van der Waals surface area (Å²) in [4.78, 5) is 21.7. The van der Waals surface area contributed by atoms with Gasteiger partial charge >= 0.3 is 0 Å². The molecule has 0 bridgehead atoms. The number of aromatic nitrogens is 3. The third-order valence-corrected chi connectivity index (χ3v) is 5.04. The average molecular weight is 384 g/mol. The minimum Gasteiger partial charge on any atom is -0.352 e. The summed E-state index contributed by atoms with van der Waals surface area (Å²) < 4.78 is 2.12. The van der Waals surface area contributed by atoms with Gasteiger partial charge in [-0.3, -0.25) is 9.78 Å². The maximum absolute atomic E-state index is 12.7. The number of imidazole rings is 1. The van der Waals surface area contributed by atoms with Crippen LogP contribution in [0.4, 0.5) is 0 Å². The molecular weight excluding hydrogens is 360 g/mol. The number of hydrogen-bond donors (Lipinski definition) is 1. The van der Waals surface area contributed by atoms with Crippen LogP contribution in [-0.4, -0.2) is 27.0 Å². The van der Waals surface area contributed by atoms with Crippen LogP contribution in [0.25, 0.3) is 10.9 Å². The van der Waals surface area contributed by atoms with Crippen LogP contribution in [0, 0.1) is 13.8 Å². The quantitative estimate of drug-likeness (QED) is 0.545. The largest absolute Gasteiger partial charge is 0.352 e. The summed E-state index contributed by atoms with van der Waals surface area (Å²) in [6.07, 6.45) is 4.45. The monoisotopic (exact) mass is 384 g/mol. The molecule has 0 saturated heterocycles. The van der Waals surface area contributed by atoms with E-state index in [0.717, 1.165) is 34.5 Å². The fourth-order valence-corrected chi connectivity index (χ4v) is 3.50. The van der Waals surface area contributed by atoms with Gasteiger partial charge in [-0.25, -0.2) is 4.98 Å². The Bertz CT molecular complexity index is 1150. The number of nitrogens with one attached hydrogen (secondary N) is 1. The molecule has 0 spiro atoms. The van der Waals surface area contributed by atoms with Gasteiger partial charge in [0.15, 0.2) is 0 Å². The zero-order valence-corrected chi connectivity index (χ0v) is 16.7. The number of fused-ring (bicyclic) bond motifs is 1. The zero-order chi connectivity index (χ0) is 20.2. The fraction of sp³-hybridized carbons (Fsp3) is 0.208. The lowest BCUT2D eigenvalue weighted by Gasteiger charge is -2.11. The van der Waals surface area contributed by atoms with Crippen molar-refractivity contribution in [3.8, 4) is 0 Å². The molecule has 0 unspecified atom stereocenters. The molecule has 0 fully saturated rings. The lowest BCUT2D eigenvalue weighted by molar-refractivity contribution is 0.0953. The van der Waals surface area contributed by atoms with Gasteiger partial charge in [0.25, 0.3) is 5.91 Å². The maximum Gasteiger partial charge on any atom is 0.253 e. The Morgan fingerprint density at radius 1 is 1.07 bits per heavy atom. The Kier molecular flexibility index (Phi) is 5.38. The predicted molar refractivity (Wildman–Crippen MR) is 115 cm³/mol. The number of amides is 1. The van der Waals surface area contributed by atoms with Crippen LogP contribution in [0.1, 0.15) is 33.0 Å². The predicted octanol–water partition coefficient (Wildman–Crippen LogP) is 4.07. The molecule has 0 atom stereocenters. The van der Waals surface area contributed by atoms with Crippen LogP contribution in [0.3, 0.4) is 0 Å². The molecule has 0 saturated carbocycles. The molecule has 146 valence electrons. The molecule has 1 amide bonds. The van der Waals surface area contributed by atoms with Crippen molar-refractivity contribution >= 4 is 16.8 Å². The fourth-order valence-electron chi connectivity index (χ4n) is 3.50. The van der Waals surface area contributed by atoms with E-state index >= 15 is 0 Å². The molecule has 2 aromatic heterocycles. The van der Waals surface area contributed by atoms with Crippen molar-refractivity contribution in [2.75, 3.05) is 6.54 Å². The molecule has 0 aliphatic heterocycles. The van der Waals surface area contributed by atoms with Gasteiger partial charge in [0, 0.05) is 37.3 Å². The molecule has 5 heteroatoms. The second-order valence-electron chi connectivity index (χ2n) is 7.28. The first kappa shape index (κ1) is 18.9. The first-order chi connectivity index (χ1) is 14.1. The molecular formula is C24H24N4O. The zero-order valence-electron chi connectivity index (χ0n) is 16.7. The Balaban J connectivity index is 1.42. The van der Waals surface area contributed by atoms with Crippen LogP contribution in [-0.2, 0) is 13.0 Å². The van der Waals surface area contributed by atoms with Gasteiger partial charge in [0.2, 0.25) is 0 Å². The van der Waals surface area contributed by atoms with Crippen LogP contribution in [0.5, 0.6) is 0 Å². The molecule has 4 aromatic rings. The Morgan fingerprint density at radius 2 is 1.90 bits per heavy atom. The van der Waals surface area contributed by atoms with Gasteiger partial charge in [0.1, 0.15) is 5.82 Å². The minimum atomic E-state index is -0.0976. The Morgan fingerprint density at radius 3 is 2.72 bits per heavy atom. The van der Waals surface area contributed by atoms with Crippen molar-refractivity contribution in [3.05, 3.63) is 95.2 Å². The van der Waals surface area contributed by atoms with Crippen molar-refractivity contribution in [2.24, 2.45) is 0 Å². The smallest absolute Gasteiger partial charge is 0.253 e. The van der Waals surface area contributed by atoms with E-state index in [-0.39, 0.29) is 5.91 Å². The molecule has 1 N–H and O–H groups in total. The highest BCUT2D eigenvalue weighted by molar-refractivity contribution is 5.98. The summed E-state index contributed by atoms with van der Waals surface area (Å²) in [6, 6.07) is 18.3. The molecule has 0 radical (unpaired) electrons. The van der Waals surface area contributed by atoms with Crippen LogP contribution in [0.15, 0.2) is 67.0 Å². The summed E-state index contributed by atoms with van der Waals surface area (Å²) in [7, 11) is 0. The SMILES string of the molecule is Cc1ccc2nc(C)c(C(=O)NCCc3nccn3Cc3ccccc3)cc2c1. The van der Waals surface area contributed by atoms with Gasteiger partial charge in [-0.1, -0.05) is 42.0 Å². The summed E-state index contributed by atoms with van der Waals surface area (Å²) in [6.45, 7) is 5.21. The van der Waals surface area contributed by atoms with E-state index in [2.05, 4.69) is 38.1 Å². The van der Waals surface area contributed by atoms with E-state index in [1.165, 1.54) is 5.56 Å². The third-order valence-electron chi connectivity index (χ3n) is 5.04. The molecule has 29 heavy (non-hydrogen) atoms. The second kappa shape index (κ2) is 8.27. The second-order valence-corrected chi connectivity index (χ2v) is 7.28. The number of benzene rings is 2. The van der Waals surface area contributed by atoms with Gasteiger partial charge in [0.05, 0.1) is 16.8 Å². The van der Waals surface area contributed by atoms with Gasteiger partial charge in [-0.15, -0.1) is 0 Å². The number of hydrogen-bond acceptors (Lipinski definition) is 3. The van der Waals surface area contributed by atoms with Crippen molar-refractivity contribution in [1.82, 2.24) is 19.9 Å². The molecule has 0 aliphatic rings. The normalized spacial score (nSPS) is 11.0. The highest BCUT2D eigenvalue weighted by Gasteiger charge is 2.12. The van der Waals surface area contributed by atoms with Crippen LogP contribution in [0.2, 0.25) is 0 Å². The topological polar surface area (TPSA) is 59.8 Å². The molecule has 2 heterocycles. The molecule has 0 aliphatic carbocycles. The molecule has 4 rings (SSSR count). The highest BCUT2D eigenvalue weighted by atomic mass is 16.1. The standard InChI is InChI=1S/C24H24N4O/c1-17-8-9-22-20(14-17)15-21(18(2)27-22)24(29)26-11-10-23-25-12-13-28(23)16-19-6-4-3-5-7-19/h3-9,12-15H,10-11,16H2,1-2H3,(H,26,29). The van der Waals surface area contributed by atoms with E-state index in [9.17, 15) is 4.79 Å². The molecule has 5 nitrogen and oxygen atoms in total. The summed E-state index contributed by atoms with van der Waals surface area (Å²) >= 11 is 0. The van der Waals surface area contributed by atoms with E-state index in [4.69, 9.17) is 0 Å². The number of carbonyl (C=O) groups excluding carboxylic acids is 1. The lowest BCUT2D eigenvalue weighted by Crippen LogP contribution is -2.27. The molecule has 2 aromatic carbocycles. The van der Waals surface area contributed by atoms with Crippen LogP contribution >= 0.6 is 0 Å². The number of pyridine rings is 1. The number of carbonyl (C=O) groups is 1. The van der Waals surface area contributed by atoms with Crippen molar-refractivity contribution in [1.29, 1.82) is 0 Å². The third kappa shape index (κ3) is 4.35. The highest BCUT2D eigenvalue weighted by Crippen LogP contribution is 2.18. The Hall–Kier alpha value is -3.47. The van der Waals surface area contributed by atoms with Crippen molar-refractivity contribution < 1.29 is 4.79 Å². The van der Waals surface area contributed by atoms with Gasteiger partial charge < -0.3 is 9.88 Å². The first-order valence-corrected chi connectivity index (χ1v) is 9.80. The van der Waals surface area contributed by atoms with E-state index in [0.29, 0.717) is 18.5 Å². The number of nitrogens with zero attached hydrogens (tertiary/aromatic N) is 3. The lowest BCUT2D eigenvalue weighted by atomic mass is 10.1. The van der Waals surface area contributed by atoms with E-state index in [1.807, 2.05) is 56.4 Å². The average Bonchev–Trinajstić information content (AvgIpc) is 3.15. The van der Waals surface area contributed by atoms with Crippen LogP contribution < -0.4 is 5.32 Å². The summed E-state index contributed by atoms with van der Waals surface area (Å²) in [5, 5.41) is 4.00. The Labute approximate surface area is 170 Å².